The fraction of sp³-hybridized carbons (Fsp3) is 0.682. The molecule has 1 aliphatic heterocycles. The Morgan fingerprint density at radius 2 is 2.00 bits per heavy atom. The van der Waals surface area contributed by atoms with Crippen LogP contribution >= 0.6 is 0 Å². The molecule has 3 saturated carbocycles. The summed E-state index contributed by atoms with van der Waals surface area (Å²) < 4.78 is 0. The van der Waals surface area contributed by atoms with E-state index in [1.54, 1.807) is 0 Å². The number of amides is 1. The molecule has 6 atom stereocenters. The van der Waals surface area contributed by atoms with Crippen molar-refractivity contribution < 1.29 is 9.90 Å². The van der Waals surface area contributed by atoms with Crippen molar-refractivity contribution in [1.29, 1.82) is 0 Å². The molecule has 1 saturated heterocycles. The maximum Gasteiger partial charge on any atom is 0.229 e. The third-order valence-electron chi connectivity index (χ3n) is 7.93. The molecular weight excluding hydrogens is 310 g/mol. The highest BCUT2D eigenvalue weighted by atomic mass is 16.3. The molecule has 25 heavy (non-hydrogen) atoms. The second kappa shape index (κ2) is 5.33. The minimum absolute atomic E-state index is 0.257. The normalized spacial score (nSPS) is 45.4. The number of nitrogens with zero attached hydrogens (tertiary/aromatic N) is 1. The number of rotatable bonds is 3. The van der Waals surface area contributed by atoms with E-state index in [0.29, 0.717) is 29.7 Å². The van der Waals surface area contributed by atoms with Crippen LogP contribution < -0.4 is 0 Å². The predicted octanol–water partition coefficient (Wildman–Crippen LogP) is 3.41. The Kier molecular flexibility index (Phi) is 3.38. The van der Waals surface area contributed by atoms with Gasteiger partial charge in [0.25, 0.3) is 0 Å². The van der Waals surface area contributed by atoms with Crippen LogP contribution in [0.15, 0.2) is 30.3 Å². The van der Waals surface area contributed by atoms with Crippen LogP contribution in [0.4, 0.5) is 0 Å². The molecule has 4 unspecified atom stereocenters. The van der Waals surface area contributed by atoms with Gasteiger partial charge in [-0.15, -0.1) is 0 Å². The second-order valence-corrected chi connectivity index (χ2v) is 9.49. The first-order valence-electron chi connectivity index (χ1n) is 10.1. The van der Waals surface area contributed by atoms with E-state index < -0.39 is 5.60 Å². The van der Waals surface area contributed by atoms with E-state index in [0.717, 1.165) is 38.6 Å². The molecule has 3 nitrogen and oxygen atoms in total. The van der Waals surface area contributed by atoms with E-state index in [1.165, 1.54) is 18.4 Å². The summed E-state index contributed by atoms with van der Waals surface area (Å²) in [5.74, 6) is 2.05. The van der Waals surface area contributed by atoms with Crippen molar-refractivity contribution in [1.82, 2.24) is 4.90 Å². The van der Waals surface area contributed by atoms with Gasteiger partial charge in [0, 0.05) is 12.6 Å². The highest BCUT2D eigenvalue weighted by molar-refractivity contribution is 5.85. The summed E-state index contributed by atoms with van der Waals surface area (Å²) in [7, 11) is 0. The lowest BCUT2D eigenvalue weighted by atomic mass is 9.65. The van der Waals surface area contributed by atoms with Gasteiger partial charge in [-0.05, 0) is 68.3 Å². The van der Waals surface area contributed by atoms with E-state index in [2.05, 4.69) is 36.1 Å². The molecule has 3 heteroatoms. The Morgan fingerprint density at radius 1 is 1.20 bits per heavy atom. The lowest BCUT2D eigenvalue weighted by Crippen LogP contribution is -2.55. The highest BCUT2D eigenvalue weighted by Gasteiger charge is 2.61. The third kappa shape index (κ3) is 2.31. The minimum Gasteiger partial charge on any atom is -0.390 e. The lowest BCUT2D eigenvalue weighted by Gasteiger charge is -2.49. The zero-order chi connectivity index (χ0) is 17.2. The van der Waals surface area contributed by atoms with Gasteiger partial charge in [0.05, 0.1) is 11.0 Å². The van der Waals surface area contributed by atoms with E-state index in [1.807, 2.05) is 6.07 Å². The molecule has 3 aliphatic carbocycles. The van der Waals surface area contributed by atoms with Crippen molar-refractivity contribution in [2.45, 2.75) is 63.5 Å². The van der Waals surface area contributed by atoms with Gasteiger partial charge in [-0.25, -0.2) is 0 Å². The monoisotopic (exact) mass is 339 g/mol. The summed E-state index contributed by atoms with van der Waals surface area (Å²) in [6, 6.07) is 10.8. The summed E-state index contributed by atoms with van der Waals surface area (Å²) in [5.41, 5.74) is 0.602. The van der Waals surface area contributed by atoms with Gasteiger partial charge >= 0.3 is 0 Å². The number of likely N-dealkylation sites (tertiary alicyclic amines) is 1. The molecule has 1 aromatic rings. The van der Waals surface area contributed by atoms with Crippen molar-refractivity contribution in [2.24, 2.45) is 23.2 Å². The SMILES string of the molecule is CC1(Cc2ccccc2)CCN(C2CC[C@]3(O)CC4CC3[C@H]2C4)C1=O. The Labute approximate surface area is 150 Å². The second-order valence-electron chi connectivity index (χ2n) is 9.49. The fourth-order valence-electron chi connectivity index (χ4n) is 6.78. The summed E-state index contributed by atoms with van der Waals surface area (Å²) in [4.78, 5) is 15.6. The summed E-state index contributed by atoms with van der Waals surface area (Å²) >= 11 is 0. The van der Waals surface area contributed by atoms with Crippen LogP contribution in [-0.4, -0.2) is 34.1 Å². The van der Waals surface area contributed by atoms with Crippen molar-refractivity contribution in [3.8, 4) is 0 Å². The van der Waals surface area contributed by atoms with Crippen molar-refractivity contribution >= 4 is 5.91 Å². The number of carbonyl (C=O) groups excluding carboxylic acids is 1. The lowest BCUT2D eigenvalue weighted by molar-refractivity contribution is -0.145. The molecule has 2 bridgehead atoms. The zero-order valence-corrected chi connectivity index (χ0v) is 15.2. The summed E-state index contributed by atoms with van der Waals surface area (Å²) in [5, 5.41) is 10.9. The minimum atomic E-state index is -0.403. The molecule has 4 fully saturated rings. The van der Waals surface area contributed by atoms with Crippen molar-refractivity contribution in [2.75, 3.05) is 6.54 Å². The largest absolute Gasteiger partial charge is 0.390 e. The Balaban J connectivity index is 1.35. The molecule has 1 N–H and O–H groups in total. The van der Waals surface area contributed by atoms with Crippen LogP contribution in [-0.2, 0) is 11.2 Å². The predicted molar refractivity (Wildman–Crippen MR) is 96.9 cm³/mol. The maximum absolute atomic E-state index is 13.4. The molecule has 134 valence electrons. The highest BCUT2D eigenvalue weighted by Crippen LogP contribution is 2.61. The van der Waals surface area contributed by atoms with Crippen LogP contribution in [0.2, 0.25) is 0 Å². The van der Waals surface area contributed by atoms with Crippen molar-refractivity contribution in [3.05, 3.63) is 35.9 Å². The first-order chi connectivity index (χ1) is 12.0. The number of aliphatic hydroxyl groups is 1. The molecular formula is C22H29NO2. The van der Waals surface area contributed by atoms with E-state index >= 15 is 0 Å². The summed E-state index contributed by atoms with van der Waals surface area (Å²) in [6.45, 7) is 3.06. The maximum atomic E-state index is 13.4. The molecule has 5 rings (SSSR count). The molecule has 1 heterocycles. The van der Waals surface area contributed by atoms with Gasteiger partial charge in [0.1, 0.15) is 0 Å². The van der Waals surface area contributed by atoms with E-state index in [9.17, 15) is 9.90 Å². The molecule has 1 amide bonds. The third-order valence-corrected chi connectivity index (χ3v) is 7.93. The van der Waals surface area contributed by atoms with Crippen LogP contribution in [0.3, 0.4) is 0 Å². The van der Waals surface area contributed by atoms with Crippen LogP contribution in [0, 0.1) is 23.2 Å². The summed E-state index contributed by atoms with van der Waals surface area (Å²) in [6.07, 6.45) is 7.14. The quantitative estimate of drug-likeness (QED) is 0.917. The van der Waals surface area contributed by atoms with Crippen LogP contribution in [0.25, 0.3) is 0 Å². The average molecular weight is 339 g/mol. The number of fused-ring (bicyclic) bond motifs is 1. The topological polar surface area (TPSA) is 40.5 Å². The Morgan fingerprint density at radius 3 is 2.76 bits per heavy atom. The standard InChI is InChI=1S/C22H29NO2/c1-21(13-15-5-3-2-4-6-15)9-10-23(20(21)24)19-7-8-22(25)14-16-11-17(19)18(22)12-16/h2-6,16-19,25H,7-14H2,1H3/t16?,17-,18?,19?,21?,22+/m1/s1. The first-order valence-corrected chi connectivity index (χ1v) is 10.1. The van der Waals surface area contributed by atoms with Gasteiger partial charge in [0.2, 0.25) is 5.91 Å². The van der Waals surface area contributed by atoms with Gasteiger partial charge in [-0.3, -0.25) is 4.79 Å². The Bertz CT molecular complexity index is 689. The molecule has 0 radical (unpaired) electrons. The smallest absolute Gasteiger partial charge is 0.229 e. The number of benzene rings is 1. The fourth-order valence-corrected chi connectivity index (χ4v) is 6.78. The van der Waals surface area contributed by atoms with Gasteiger partial charge in [0.15, 0.2) is 0 Å². The van der Waals surface area contributed by atoms with Gasteiger partial charge in [-0.1, -0.05) is 37.3 Å². The van der Waals surface area contributed by atoms with Crippen molar-refractivity contribution in [3.63, 3.8) is 0 Å². The average Bonchev–Trinajstić information content (AvgIpc) is 3.23. The van der Waals surface area contributed by atoms with E-state index in [-0.39, 0.29) is 5.41 Å². The first kappa shape index (κ1) is 15.9. The molecule has 0 aromatic heterocycles. The van der Waals surface area contributed by atoms with Gasteiger partial charge in [-0.2, -0.15) is 0 Å². The zero-order valence-electron chi connectivity index (χ0n) is 15.2. The number of hydrogen-bond acceptors (Lipinski definition) is 2. The molecule has 4 aliphatic rings. The molecule has 1 aromatic carbocycles. The van der Waals surface area contributed by atoms with Crippen LogP contribution in [0.1, 0.15) is 51.0 Å². The van der Waals surface area contributed by atoms with Gasteiger partial charge < -0.3 is 10.0 Å². The van der Waals surface area contributed by atoms with E-state index in [4.69, 9.17) is 0 Å². The number of carbonyl (C=O) groups is 1. The Hall–Kier alpha value is -1.35. The number of hydrogen-bond donors (Lipinski definition) is 1. The van der Waals surface area contributed by atoms with Crippen LogP contribution in [0.5, 0.6) is 0 Å². The molecule has 0 spiro atoms.